The number of piperazine rings is 1. The Bertz CT molecular complexity index is 1140. The number of hydrogen-bond donors (Lipinski definition) is 0. The van der Waals surface area contributed by atoms with Crippen LogP contribution in [0.2, 0.25) is 0 Å². The first-order chi connectivity index (χ1) is 17.5. The molecule has 5 nitrogen and oxygen atoms in total. The monoisotopic (exact) mass is 489 g/mol. The average Bonchev–Trinajstić information content (AvgIpc) is 3.14. The molecule has 0 bridgehead atoms. The molecule has 3 aromatic carbocycles. The van der Waals surface area contributed by atoms with Gasteiger partial charge in [0.1, 0.15) is 11.6 Å². The van der Waals surface area contributed by atoms with E-state index in [1.54, 1.807) is 48.5 Å². The maximum atomic E-state index is 13.5. The van der Waals surface area contributed by atoms with E-state index >= 15 is 0 Å². The van der Waals surface area contributed by atoms with E-state index in [4.69, 9.17) is 0 Å². The fourth-order valence-electron chi connectivity index (χ4n) is 5.20. The third kappa shape index (κ3) is 5.08. The van der Waals surface area contributed by atoms with Crippen molar-refractivity contribution in [2.75, 3.05) is 39.3 Å². The van der Waals surface area contributed by atoms with Crippen LogP contribution in [0, 0.1) is 11.6 Å². The molecule has 0 atom stereocenters. The van der Waals surface area contributed by atoms with Gasteiger partial charge in [-0.1, -0.05) is 36.4 Å². The van der Waals surface area contributed by atoms with Gasteiger partial charge in [-0.2, -0.15) is 0 Å². The molecule has 0 spiro atoms. The summed E-state index contributed by atoms with van der Waals surface area (Å²) in [4.78, 5) is 31.2. The molecule has 0 unspecified atom stereocenters. The van der Waals surface area contributed by atoms with Crippen molar-refractivity contribution in [2.24, 2.45) is 0 Å². The van der Waals surface area contributed by atoms with Gasteiger partial charge >= 0.3 is 0 Å². The van der Waals surface area contributed by atoms with Crippen molar-refractivity contribution < 1.29 is 18.4 Å². The molecule has 7 heteroatoms. The van der Waals surface area contributed by atoms with Gasteiger partial charge in [0.15, 0.2) is 0 Å². The molecule has 3 aromatic rings. The summed E-state index contributed by atoms with van der Waals surface area (Å²) in [5.41, 5.74) is 2.96. The van der Waals surface area contributed by atoms with Crippen molar-refractivity contribution in [2.45, 2.75) is 18.9 Å². The number of halogens is 2. The molecular weight excluding hydrogens is 460 g/mol. The highest BCUT2D eigenvalue weighted by molar-refractivity contribution is 6.21. The second-order valence-electron chi connectivity index (χ2n) is 9.40. The number of carbonyl (C=O) groups excluding carboxylic acids is 2. The minimum absolute atomic E-state index is 0.0674. The standard InChI is InChI=1S/C29H29F2N3O2/c30-23-11-7-21(8-12-23)27(22-9-13-24(31)14-10-22)33-19-17-32(18-20-33)15-3-4-16-34-28(35)25-5-1-2-6-26(25)29(34)36/h1-2,5-14,27H,3-4,15-20H2. The predicted molar refractivity (Wildman–Crippen MR) is 134 cm³/mol. The highest BCUT2D eigenvalue weighted by Gasteiger charge is 2.34. The van der Waals surface area contributed by atoms with Gasteiger partial charge in [-0.05, 0) is 66.9 Å². The van der Waals surface area contributed by atoms with E-state index in [0.717, 1.165) is 56.7 Å². The van der Waals surface area contributed by atoms with Crippen molar-refractivity contribution in [3.05, 3.63) is 107 Å². The number of hydrogen-bond acceptors (Lipinski definition) is 4. The molecule has 36 heavy (non-hydrogen) atoms. The van der Waals surface area contributed by atoms with Crippen molar-refractivity contribution in [3.63, 3.8) is 0 Å². The van der Waals surface area contributed by atoms with Crippen molar-refractivity contribution in [1.29, 1.82) is 0 Å². The minimum Gasteiger partial charge on any atom is -0.301 e. The summed E-state index contributed by atoms with van der Waals surface area (Å²) in [6.07, 6.45) is 1.66. The van der Waals surface area contributed by atoms with E-state index in [2.05, 4.69) is 9.80 Å². The van der Waals surface area contributed by atoms with Crippen LogP contribution in [-0.4, -0.2) is 65.8 Å². The number of nitrogens with zero attached hydrogens (tertiary/aromatic N) is 3. The lowest BCUT2D eigenvalue weighted by atomic mass is 9.96. The third-order valence-corrected chi connectivity index (χ3v) is 7.13. The largest absolute Gasteiger partial charge is 0.301 e. The Morgan fingerprint density at radius 1 is 0.639 bits per heavy atom. The summed E-state index contributed by atoms with van der Waals surface area (Å²) in [5.74, 6) is -0.945. The molecule has 2 aliphatic rings. The molecule has 0 aromatic heterocycles. The number of imide groups is 1. The third-order valence-electron chi connectivity index (χ3n) is 7.13. The first-order valence-electron chi connectivity index (χ1n) is 12.4. The molecule has 2 aliphatic heterocycles. The van der Waals surface area contributed by atoms with Crippen LogP contribution in [-0.2, 0) is 0 Å². The van der Waals surface area contributed by atoms with Crippen LogP contribution in [0.3, 0.4) is 0 Å². The summed E-state index contributed by atoms with van der Waals surface area (Å²) in [6, 6.07) is 20.0. The topological polar surface area (TPSA) is 43.9 Å². The number of unbranched alkanes of at least 4 members (excludes halogenated alkanes) is 1. The lowest BCUT2D eigenvalue weighted by Gasteiger charge is -2.40. The van der Waals surface area contributed by atoms with Gasteiger partial charge in [-0.25, -0.2) is 8.78 Å². The summed E-state index contributed by atoms with van der Waals surface area (Å²) >= 11 is 0. The van der Waals surface area contributed by atoms with E-state index in [9.17, 15) is 18.4 Å². The Kier molecular flexibility index (Phi) is 7.20. The predicted octanol–water partition coefficient (Wildman–Crippen LogP) is 4.75. The second-order valence-corrected chi connectivity index (χ2v) is 9.40. The van der Waals surface area contributed by atoms with Gasteiger partial charge in [0.25, 0.3) is 11.8 Å². The quantitative estimate of drug-likeness (QED) is 0.339. The molecular formula is C29H29F2N3O2. The normalized spacial score (nSPS) is 16.7. The van der Waals surface area contributed by atoms with E-state index in [0.29, 0.717) is 17.7 Å². The van der Waals surface area contributed by atoms with E-state index in [-0.39, 0.29) is 29.5 Å². The number of benzene rings is 3. The van der Waals surface area contributed by atoms with Gasteiger partial charge < -0.3 is 4.90 Å². The van der Waals surface area contributed by atoms with E-state index in [1.807, 2.05) is 0 Å². The SMILES string of the molecule is O=C1c2ccccc2C(=O)N1CCCCN1CCN(C(c2ccc(F)cc2)c2ccc(F)cc2)CC1. The number of rotatable bonds is 8. The van der Waals surface area contributed by atoms with Crippen LogP contribution >= 0.6 is 0 Å². The first kappa shape index (κ1) is 24.3. The van der Waals surface area contributed by atoms with Crippen molar-refractivity contribution in [3.8, 4) is 0 Å². The molecule has 1 fully saturated rings. The zero-order valence-electron chi connectivity index (χ0n) is 20.1. The van der Waals surface area contributed by atoms with Crippen LogP contribution in [0.15, 0.2) is 72.8 Å². The lowest BCUT2D eigenvalue weighted by molar-refractivity contribution is 0.0647. The number of fused-ring (bicyclic) bond motifs is 1. The van der Waals surface area contributed by atoms with Crippen LogP contribution in [0.25, 0.3) is 0 Å². The van der Waals surface area contributed by atoms with E-state index < -0.39 is 0 Å². The van der Waals surface area contributed by atoms with Crippen LogP contribution in [0.5, 0.6) is 0 Å². The van der Waals surface area contributed by atoms with Gasteiger partial charge in [0.2, 0.25) is 0 Å². The fourth-order valence-corrected chi connectivity index (χ4v) is 5.20. The molecule has 1 saturated heterocycles. The maximum absolute atomic E-state index is 13.5. The number of amides is 2. The Hall–Kier alpha value is -3.42. The average molecular weight is 490 g/mol. The minimum atomic E-state index is -0.275. The van der Waals surface area contributed by atoms with Gasteiger partial charge in [-0.15, -0.1) is 0 Å². The summed E-state index contributed by atoms with van der Waals surface area (Å²) in [7, 11) is 0. The van der Waals surface area contributed by atoms with Crippen molar-refractivity contribution in [1.82, 2.24) is 14.7 Å². The molecule has 0 radical (unpaired) electrons. The zero-order valence-corrected chi connectivity index (χ0v) is 20.1. The molecule has 186 valence electrons. The van der Waals surface area contributed by atoms with Crippen LogP contribution in [0.1, 0.15) is 50.7 Å². The van der Waals surface area contributed by atoms with Crippen LogP contribution in [0.4, 0.5) is 8.78 Å². The summed E-state index contributed by atoms with van der Waals surface area (Å²) in [5, 5.41) is 0. The smallest absolute Gasteiger partial charge is 0.261 e. The summed E-state index contributed by atoms with van der Waals surface area (Å²) < 4.78 is 27.1. The maximum Gasteiger partial charge on any atom is 0.261 e. The van der Waals surface area contributed by atoms with Gasteiger partial charge in [0.05, 0.1) is 17.2 Å². The van der Waals surface area contributed by atoms with Crippen molar-refractivity contribution >= 4 is 11.8 Å². The Morgan fingerprint density at radius 2 is 1.11 bits per heavy atom. The molecule has 2 amide bonds. The molecule has 0 aliphatic carbocycles. The fraction of sp³-hybridized carbons (Fsp3) is 0.310. The molecule has 5 rings (SSSR count). The first-order valence-corrected chi connectivity index (χ1v) is 12.4. The van der Waals surface area contributed by atoms with Gasteiger partial charge in [-0.3, -0.25) is 19.4 Å². The highest BCUT2D eigenvalue weighted by atomic mass is 19.1. The van der Waals surface area contributed by atoms with Gasteiger partial charge in [0, 0.05) is 32.7 Å². The second kappa shape index (κ2) is 10.7. The number of carbonyl (C=O) groups is 2. The highest BCUT2D eigenvalue weighted by Crippen LogP contribution is 2.30. The molecule has 2 heterocycles. The van der Waals surface area contributed by atoms with Crippen LogP contribution < -0.4 is 0 Å². The lowest BCUT2D eigenvalue weighted by Crippen LogP contribution is -2.48. The zero-order chi connectivity index (χ0) is 25.1. The Balaban J connectivity index is 1.14. The Morgan fingerprint density at radius 3 is 1.61 bits per heavy atom. The molecule has 0 saturated carbocycles. The summed E-state index contributed by atoms with van der Waals surface area (Å²) in [6.45, 7) is 4.76. The van der Waals surface area contributed by atoms with E-state index in [1.165, 1.54) is 29.2 Å². The Labute approximate surface area is 209 Å². The molecule has 0 N–H and O–H groups in total.